The van der Waals surface area contributed by atoms with E-state index in [1.54, 1.807) is 5.57 Å². The molecule has 0 aliphatic heterocycles. The molecule has 3 nitrogen and oxygen atoms in total. The second kappa shape index (κ2) is 10.7. The standard InChI is InChI=1S/C29H44O3S/c1-6-28(30,7-2)17-9-19-33-22(4)25-13-14-26-23(10-8-16-27(25,26)5)11-12-24-20-29(31,32)18-15-21(24)3/h9,11-13,17,22,26,30-32H,3,6-8,10,14-16,18-20H2,1-2,4-5H3/b17-9-,23-11?,24-12?/t22-,26+,27-/m1/s1. The van der Waals surface area contributed by atoms with Gasteiger partial charge in [-0.2, -0.15) is 11.8 Å². The molecule has 0 saturated heterocycles. The van der Waals surface area contributed by atoms with Gasteiger partial charge in [-0.3, -0.25) is 0 Å². The SMILES string of the molecule is C=C1CCC(O)(O)CC1=CC=C1CCC[C@]2(C)C([C@@H](C)SC/C=C\C(O)(CC)CC)=CC[C@@H]12. The molecule has 2 fully saturated rings. The van der Waals surface area contributed by atoms with E-state index in [0.29, 0.717) is 24.0 Å². The third-order valence-electron chi connectivity index (χ3n) is 8.40. The number of allylic oxidation sites excluding steroid dienone is 5. The lowest BCUT2D eigenvalue weighted by atomic mass is 9.64. The molecule has 0 unspecified atom stereocenters. The molecule has 3 rings (SSSR count). The van der Waals surface area contributed by atoms with Crippen LogP contribution in [0.5, 0.6) is 0 Å². The summed E-state index contributed by atoms with van der Waals surface area (Å²) in [5.41, 5.74) is 4.62. The van der Waals surface area contributed by atoms with E-state index in [4.69, 9.17) is 0 Å². The summed E-state index contributed by atoms with van der Waals surface area (Å²) in [4.78, 5) is 0. The van der Waals surface area contributed by atoms with Crippen LogP contribution in [0.3, 0.4) is 0 Å². The van der Waals surface area contributed by atoms with Crippen LogP contribution in [-0.4, -0.2) is 37.7 Å². The van der Waals surface area contributed by atoms with E-state index in [2.05, 4.69) is 44.7 Å². The lowest BCUT2D eigenvalue weighted by Crippen LogP contribution is -2.33. The van der Waals surface area contributed by atoms with Crippen LogP contribution in [0.15, 0.2) is 59.3 Å². The van der Waals surface area contributed by atoms with Gasteiger partial charge in [0.25, 0.3) is 0 Å². The highest BCUT2D eigenvalue weighted by Gasteiger charge is 2.46. The molecule has 0 aromatic heterocycles. The van der Waals surface area contributed by atoms with Gasteiger partial charge in [-0.25, -0.2) is 0 Å². The van der Waals surface area contributed by atoms with Gasteiger partial charge in [0.1, 0.15) is 0 Å². The Morgan fingerprint density at radius 2 is 1.94 bits per heavy atom. The van der Waals surface area contributed by atoms with E-state index in [0.717, 1.165) is 42.6 Å². The molecule has 0 aromatic rings. The Morgan fingerprint density at radius 3 is 2.64 bits per heavy atom. The molecule has 0 spiro atoms. The molecule has 3 N–H and O–H groups in total. The van der Waals surface area contributed by atoms with Gasteiger partial charge in [0, 0.05) is 23.8 Å². The number of hydrogen-bond donors (Lipinski definition) is 3. The zero-order chi connectivity index (χ0) is 24.3. The second-order valence-electron chi connectivity index (χ2n) is 10.6. The lowest BCUT2D eigenvalue weighted by molar-refractivity contribution is -0.166. The summed E-state index contributed by atoms with van der Waals surface area (Å²) < 4.78 is 0. The Labute approximate surface area is 205 Å². The van der Waals surface area contributed by atoms with Crippen molar-refractivity contribution in [1.82, 2.24) is 0 Å². The van der Waals surface area contributed by atoms with Crippen LogP contribution in [-0.2, 0) is 0 Å². The number of rotatable bonds is 8. The Kier molecular flexibility index (Phi) is 8.59. The molecule has 3 aliphatic carbocycles. The zero-order valence-corrected chi connectivity index (χ0v) is 21.9. The molecular formula is C29H44O3S. The van der Waals surface area contributed by atoms with Gasteiger partial charge in [-0.15, -0.1) is 0 Å². The maximum Gasteiger partial charge on any atom is 0.166 e. The van der Waals surface area contributed by atoms with Crippen LogP contribution in [0.2, 0.25) is 0 Å². The molecule has 0 bridgehead atoms. The highest BCUT2D eigenvalue weighted by molar-refractivity contribution is 8.00. The van der Waals surface area contributed by atoms with Gasteiger partial charge in [0.05, 0.1) is 5.60 Å². The summed E-state index contributed by atoms with van der Waals surface area (Å²) in [7, 11) is 0. The first-order valence-electron chi connectivity index (χ1n) is 12.8. The van der Waals surface area contributed by atoms with Crippen molar-refractivity contribution in [3.8, 4) is 0 Å². The highest BCUT2D eigenvalue weighted by atomic mass is 32.2. The molecule has 184 valence electrons. The van der Waals surface area contributed by atoms with Crippen LogP contribution in [0.25, 0.3) is 0 Å². The van der Waals surface area contributed by atoms with Crippen LogP contribution in [0.1, 0.15) is 85.5 Å². The average Bonchev–Trinajstić information content (AvgIpc) is 3.14. The van der Waals surface area contributed by atoms with Crippen molar-refractivity contribution in [2.24, 2.45) is 11.3 Å². The minimum absolute atomic E-state index is 0.202. The van der Waals surface area contributed by atoms with Crippen molar-refractivity contribution in [2.45, 2.75) is 102 Å². The third-order valence-corrected chi connectivity index (χ3v) is 9.54. The minimum Gasteiger partial charge on any atom is -0.386 e. The van der Waals surface area contributed by atoms with Crippen molar-refractivity contribution < 1.29 is 15.3 Å². The average molecular weight is 473 g/mol. The van der Waals surface area contributed by atoms with E-state index in [1.165, 1.54) is 18.4 Å². The van der Waals surface area contributed by atoms with Crippen molar-refractivity contribution in [1.29, 1.82) is 0 Å². The van der Waals surface area contributed by atoms with Crippen LogP contribution in [0.4, 0.5) is 0 Å². The third kappa shape index (κ3) is 6.14. The molecule has 3 aliphatic rings. The second-order valence-corrected chi connectivity index (χ2v) is 12.0. The molecule has 2 saturated carbocycles. The number of aliphatic hydroxyl groups is 3. The molecule has 0 heterocycles. The maximum absolute atomic E-state index is 10.5. The van der Waals surface area contributed by atoms with Gasteiger partial charge in [0.15, 0.2) is 5.79 Å². The molecule has 33 heavy (non-hydrogen) atoms. The van der Waals surface area contributed by atoms with E-state index < -0.39 is 11.4 Å². The van der Waals surface area contributed by atoms with Crippen LogP contribution in [0, 0.1) is 11.3 Å². The predicted octanol–water partition coefficient (Wildman–Crippen LogP) is 6.63. The van der Waals surface area contributed by atoms with Crippen molar-refractivity contribution >= 4 is 11.8 Å². The van der Waals surface area contributed by atoms with Crippen molar-refractivity contribution in [3.05, 3.63) is 59.3 Å². The molecule has 3 atom stereocenters. The highest BCUT2D eigenvalue weighted by Crippen LogP contribution is 2.56. The molecular weight excluding hydrogens is 428 g/mol. The monoisotopic (exact) mass is 472 g/mol. The summed E-state index contributed by atoms with van der Waals surface area (Å²) in [6.07, 6.45) is 18.4. The Bertz CT molecular complexity index is 843. The number of fused-ring (bicyclic) bond motifs is 1. The molecule has 0 radical (unpaired) electrons. The fourth-order valence-corrected chi connectivity index (χ4v) is 6.98. The van der Waals surface area contributed by atoms with Crippen molar-refractivity contribution in [3.63, 3.8) is 0 Å². The quantitative estimate of drug-likeness (QED) is 0.274. The Balaban J connectivity index is 1.67. The van der Waals surface area contributed by atoms with Gasteiger partial charge in [-0.1, -0.05) is 74.4 Å². The predicted molar refractivity (Wildman–Crippen MR) is 141 cm³/mol. The number of hydrogen-bond acceptors (Lipinski definition) is 4. The van der Waals surface area contributed by atoms with E-state index in [-0.39, 0.29) is 11.8 Å². The maximum atomic E-state index is 10.5. The fraction of sp³-hybridized carbons (Fsp3) is 0.655. The summed E-state index contributed by atoms with van der Waals surface area (Å²) in [5, 5.41) is 31.1. The fourth-order valence-electron chi connectivity index (χ4n) is 5.94. The van der Waals surface area contributed by atoms with E-state index in [9.17, 15) is 15.3 Å². The zero-order valence-electron chi connectivity index (χ0n) is 21.1. The summed E-state index contributed by atoms with van der Waals surface area (Å²) in [5.74, 6) is -0.144. The van der Waals surface area contributed by atoms with Gasteiger partial charge in [-0.05, 0) is 68.8 Å². The van der Waals surface area contributed by atoms with Gasteiger partial charge in [0.2, 0.25) is 0 Å². The first-order valence-corrected chi connectivity index (χ1v) is 13.8. The Morgan fingerprint density at radius 1 is 1.21 bits per heavy atom. The van der Waals surface area contributed by atoms with Gasteiger partial charge < -0.3 is 15.3 Å². The van der Waals surface area contributed by atoms with Crippen molar-refractivity contribution in [2.75, 3.05) is 5.75 Å². The molecule has 0 aromatic carbocycles. The van der Waals surface area contributed by atoms with Gasteiger partial charge >= 0.3 is 0 Å². The van der Waals surface area contributed by atoms with Crippen LogP contribution < -0.4 is 0 Å². The van der Waals surface area contributed by atoms with E-state index >= 15 is 0 Å². The minimum atomic E-state index is -1.60. The summed E-state index contributed by atoms with van der Waals surface area (Å²) in [6.45, 7) is 13.0. The largest absolute Gasteiger partial charge is 0.386 e. The van der Waals surface area contributed by atoms with Crippen LogP contribution >= 0.6 is 11.8 Å². The normalized spacial score (nSPS) is 31.3. The smallest absolute Gasteiger partial charge is 0.166 e. The first kappa shape index (κ1) is 26.5. The molecule has 0 amide bonds. The number of thioether (sulfide) groups is 1. The molecule has 4 heteroatoms. The lowest BCUT2D eigenvalue weighted by Gasteiger charge is -2.42. The topological polar surface area (TPSA) is 60.7 Å². The first-order chi connectivity index (χ1) is 15.5. The summed E-state index contributed by atoms with van der Waals surface area (Å²) >= 11 is 1.96. The summed E-state index contributed by atoms with van der Waals surface area (Å²) in [6, 6.07) is 0. The van der Waals surface area contributed by atoms with E-state index in [1.807, 2.05) is 31.7 Å². The Hall–Kier alpha value is -1.07.